The number of halogens is 1. The highest BCUT2D eigenvalue weighted by Gasteiger charge is 2.11. The number of hydrogen-bond donors (Lipinski definition) is 1. The number of ether oxygens (including phenoxy) is 1. The number of benzene rings is 2. The summed E-state index contributed by atoms with van der Waals surface area (Å²) in [6.07, 6.45) is 0. The Morgan fingerprint density at radius 2 is 2.00 bits per heavy atom. The number of aryl methyl sites for hydroxylation is 1. The number of carbonyl (C=O) groups excluding carboxylic acids is 1. The van der Waals surface area contributed by atoms with Crippen molar-refractivity contribution < 1.29 is 13.9 Å². The topological polar surface area (TPSA) is 41.6 Å². The van der Waals surface area contributed by atoms with E-state index in [1.807, 2.05) is 31.2 Å². The highest BCUT2D eigenvalue weighted by molar-refractivity contribution is 5.73. The van der Waals surface area contributed by atoms with E-state index in [2.05, 4.69) is 5.32 Å². The molecule has 4 nitrogen and oxygen atoms in total. The van der Waals surface area contributed by atoms with Crippen LogP contribution in [0.1, 0.15) is 23.6 Å². The van der Waals surface area contributed by atoms with Crippen LogP contribution in [0.2, 0.25) is 0 Å². The molecule has 0 aromatic heterocycles. The second kappa shape index (κ2) is 8.34. The maximum atomic E-state index is 13.8. The molecule has 5 heteroatoms. The van der Waals surface area contributed by atoms with Gasteiger partial charge >= 0.3 is 6.03 Å². The lowest BCUT2D eigenvalue weighted by Crippen LogP contribution is -2.36. The quantitative estimate of drug-likeness (QED) is 0.873. The fraction of sp³-hybridized carbons (Fsp3) is 0.316. The van der Waals surface area contributed by atoms with Crippen molar-refractivity contribution in [2.45, 2.75) is 26.9 Å². The lowest BCUT2D eigenvalue weighted by Gasteiger charge is -2.19. The summed E-state index contributed by atoms with van der Waals surface area (Å²) in [4.78, 5) is 13.8. The number of amides is 2. The molecular weight excluding hydrogens is 307 g/mol. The van der Waals surface area contributed by atoms with Crippen LogP contribution in [0.25, 0.3) is 0 Å². The lowest BCUT2D eigenvalue weighted by atomic mass is 10.1. The van der Waals surface area contributed by atoms with Crippen molar-refractivity contribution in [1.29, 1.82) is 0 Å². The van der Waals surface area contributed by atoms with E-state index in [4.69, 9.17) is 4.74 Å². The standard InChI is InChI=1S/C19H23FN2O2/c1-4-24-18-10-9-15(11-17(18)20)12-21-19(23)22(3)13-16-8-6-5-7-14(16)2/h5-11H,4,12-13H2,1-3H3,(H,21,23). The summed E-state index contributed by atoms with van der Waals surface area (Å²) in [6.45, 7) is 5.02. The van der Waals surface area contributed by atoms with E-state index in [1.165, 1.54) is 6.07 Å². The lowest BCUT2D eigenvalue weighted by molar-refractivity contribution is 0.206. The Morgan fingerprint density at radius 1 is 1.25 bits per heavy atom. The van der Waals surface area contributed by atoms with Crippen molar-refractivity contribution in [1.82, 2.24) is 10.2 Å². The molecule has 2 aromatic rings. The van der Waals surface area contributed by atoms with Gasteiger partial charge in [-0.2, -0.15) is 0 Å². The monoisotopic (exact) mass is 330 g/mol. The van der Waals surface area contributed by atoms with E-state index in [1.54, 1.807) is 31.0 Å². The van der Waals surface area contributed by atoms with Crippen molar-refractivity contribution in [3.8, 4) is 5.75 Å². The molecule has 0 aliphatic carbocycles. The van der Waals surface area contributed by atoms with Gasteiger partial charge in [0.2, 0.25) is 0 Å². The van der Waals surface area contributed by atoms with Gasteiger partial charge in [0.25, 0.3) is 0 Å². The molecule has 0 saturated carbocycles. The molecule has 0 aliphatic rings. The largest absolute Gasteiger partial charge is 0.491 e. The minimum absolute atomic E-state index is 0.201. The zero-order valence-electron chi connectivity index (χ0n) is 14.3. The molecule has 0 aliphatic heterocycles. The predicted molar refractivity (Wildman–Crippen MR) is 92.5 cm³/mol. The van der Waals surface area contributed by atoms with Gasteiger partial charge in [-0.05, 0) is 42.7 Å². The van der Waals surface area contributed by atoms with Crippen LogP contribution in [0.3, 0.4) is 0 Å². The van der Waals surface area contributed by atoms with E-state index < -0.39 is 5.82 Å². The van der Waals surface area contributed by atoms with Crippen molar-refractivity contribution in [3.05, 3.63) is 65.0 Å². The molecule has 0 spiro atoms. The fourth-order valence-corrected chi connectivity index (χ4v) is 2.35. The van der Waals surface area contributed by atoms with Crippen LogP contribution in [-0.4, -0.2) is 24.6 Å². The molecule has 24 heavy (non-hydrogen) atoms. The van der Waals surface area contributed by atoms with E-state index in [0.717, 1.165) is 11.1 Å². The van der Waals surface area contributed by atoms with Crippen LogP contribution in [0, 0.1) is 12.7 Å². The summed E-state index contributed by atoms with van der Waals surface area (Å²) in [5.41, 5.74) is 2.93. The zero-order chi connectivity index (χ0) is 17.5. The molecule has 1 N–H and O–H groups in total. The molecular formula is C19H23FN2O2. The van der Waals surface area contributed by atoms with Crippen molar-refractivity contribution in [3.63, 3.8) is 0 Å². The van der Waals surface area contributed by atoms with Gasteiger partial charge in [0.1, 0.15) is 0 Å². The number of carbonyl (C=O) groups is 1. The van der Waals surface area contributed by atoms with Crippen LogP contribution in [0.4, 0.5) is 9.18 Å². The first-order valence-corrected chi connectivity index (χ1v) is 7.96. The van der Waals surface area contributed by atoms with Crippen molar-refractivity contribution in [2.24, 2.45) is 0 Å². The summed E-state index contributed by atoms with van der Waals surface area (Å²) in [5, 5.41) is 2.80. The maximum Gasteiger partial charge on any atom is 0.317 e. The second-order valence-electron chi connectivity index (χ2n) is 5.64. The molecule has 0 unspecified atom stereocenters. The van der Waals surface area contributed by atoms with Gasteiger partial charge in [0.15, 0.2) is 11.6 Å². The Labute approximate surface area is 142 Å². The predicted octanol–water partition coefficient (Wildman–Crippen LogP) is 3.87. The summed E-state index contributed by atoms with van der Waals surface area (Å²) in [5.74, 6) is -0.193. The summed E-state index contributed by atoms with van der Waals surface area (Å²) >= 11 is 0. The zero-order valence-corrected chi connectivity index (χ0v) is 14.3. The Kier molecular flexibility index (Phi) is 6.18. The van der Waals surface area contributed by atoms with Gasteiger partial charge in [-0.1, -0.05) is 30.3 Å². The Bertz CT molecular complexity index is 704. The molecule has 0 fully saturated rings. The maximum absolute atomic E-state index is 13.8. The van der Waals surface area contributed by atoms with Crippen LogP contribution >= 0.6 is 0 Å². The molecule has 0 radical (unpaired) electrons. The number of rotatable bonds is 6. The van der Waals surface area contributed by atoms with Crippen LogP contribution in [0.15, 0.2) is 42.5 Å². The normalized spacial score (nSPS) is 10.3. The third-order valence-electron chi connectivity index (χ3n) is 3.76. The Hall–Kier alpha value is -2.56. The number of hydrogen-bond acceptors (Lipinski definition) is 2. The first-order valence-electron chi connectivity index (χ1n) is 7.96. The van der Waals surface area contributed by atoms with Gasteiger partial charge in [-0.15, -0.1) is 0 Å². The molecule has 0 saturated heterocycles. The van der Waals surface area contributed by atoms with Crippen LogP contribution in [-0.2, 0) is 13.1 Å². The van der Waals surface area contributed by atoms with Crippen molar-refractivity contribution >= 4 is 6.03 Å². The highest BCUT2D eigenvalue weighted by Crippen LogP contribution is 2.18. The van der Waals surface area contributed by atoms with E-state index in [9.17, 15) is 9.18 Å². The highest BCUT2D eigenvalue weighted by atomic mass is 19.1. The van der Waals surface area contributed by atoms with E-state index in [-0.39, 0.29) is 18.3 Å². The number of urea groups is 1. The molecule has 2 amide bonds. The summed E-state index contributed by atoms with van der Waals surface area (Å²) < 4.78 is 19.0. The molecule has 2 rings (SSSR count). The average molecular weight is 330 g/mol. The third kappa shape index (κ3) is 4.72. The molecule has 128 valence electrons. The number of nitrogens with zero attached hydrogens (tertiary/aromatic N) is 1. The molecule has 0 atom stereocenters. The Balaban J connectivity index is 1.90. The van der Waals surface area contributed by atoms with E-state index in [0.29, 0.717) is 18.7 Å². The number of nitrogens with one attached hydrogen (secondary N) is 1. The van der Waals surface area contributed by atoms with Crippen LogP contribution < -0.4 is 10.1 Å². The molecule has 0 bridgehead atoms. The van der Waals surface area contributed by atoms with Gasteiger partial charge < -0.3 is 15.0 Å². The minimum atomic E-state index is -0.420. The van der Waals surface area contributed by atoms with Gasteiger partial charge in [-0.3, -0.25) is 0 Å². The van der Waals surface area contributed by atoms with Crippen LogP contribution in [0.5, 0.6) is 5.75 Å². The molecule has 0 heterocycles. The first-order chi connectivity index (χ1) is 11.5. The summed E-state index contributed by atoms with van der Waals surface area (Å²) in [7, 11) is 1.74. The fourth-order valence-electron chi connectivity index (χ4n) is 2.35. The van der Waals surface area contributed by atoms with Gasteiger partial charge in [0, 0.05) is 20.1 Å². The second-order valence-corrected chi connectivity index (χ2v) is 5.64. The van der Waals surface area contributed by atoms with Crippen molar-refractivity contribution in [2.75, 3.05) is 13.7 Å². The van der Waals surface area contributed by atoms with Gasteiger partial charge in [-0.25, -0.2) is 9.18 Å². The first kappa shape index (κ1) is 17.8. The smallest absolute Gasteiger partial charge is 0.317 e. The average Bonchev–Trinajstić information content (AvgIpc) is 2.57. The minimum Gasteiger partial charge on any atom is -0.491 e. The van der Waals surface area contributed by atoms with E-state index >= 15 is 0 Å². The SMILES string of the molecule is CCOc1ccc(CNC(=O)N(C)Cc2ccccc2C)cc1F. The molecule has 2 aromatic carbocycles. The van der Waals surface area contributed by atoms with Gasteiger partial charge in [0.05, 0.1) is 6.61 Å². The third-order valence-corrected chi connectivity index (χ3v) is 3.76. The summed E-state index contributed by atoms with van der Waals surface area (Å²) in [6, 6.07) is 12.5. The Morgan fingerprint density at radius 3 is 2.67 bits per heavy atom.